The maximum Gasteiger partial charge on any atom is 0.326 e. The third-order valence-corrected chi connectivity index (χ3v) is 9.17. The van der Waals surface area contributed by atoms with Gasteiger partial charge in [-0.15, -0.1) is 0 Å². The molecule has 0 heterocycles. The van der Waals surface area contributed by atoms with Crippen molar-refractivity contribution in [2.75, 3.05) is 0 Å². The highest BCUT2D eigenvalue weighted by Crippen LogP contribution is 2.44. The standard InChI is InChI=1S/C38H55O2P/c1-7-13-22-30-26-32(18-9-3)35(20-11-5)37(28-30)39-41(34-24-16-15-17-25-34)40-38-29-31(23-14-8-2)27-33(19-10-4)36(38)21-12-6/h15-17,24-29H,7-14,18-23H2,1-6H3. The van der Waals surface area contributed by atoms with Crippen molar-refractivity contribution in [1.82, 2.24) is 0 Å². The van der Waals surface area contributed by atoms with E-state index in [0.717, 1.165) is 81.0 Å². The molecular formula is C38H55O2P. The van der Waals surface area contributed by atoms with E-state index in [1.165, 1.54) is 59.1 Å². The van der Waals surface area contributed by atoms with Crippen molar-refractivity contribution < 1.29 is 9.05 Å². The van der Waals surface area contributed by atoms with Crippen molar-refractivity contribution in [3.05, 3.63) is 88.0 Å². The van der Waals surface area contributed by atoms with Crippen molar-refractivity contribution in [2.45, 2.75) is 131 Å². The first-order valence-corrected chi connectivity index (χ1v) is 17.8. The van der Waals surface area contributed by atoms with Gasteiger partial charge in [0.2, 0.25) is 0 Å². The molecule has 0 aliphatic rings. The van der Waals surface area contributed by atoms with Crippen LogP contribution in [0.1, 0.15) is 126 Å². The minimum Gasteiger partial charge on any atom is -0.435 e. The van der Waals surface area contributed by atoms with Crippen LogP contribution >= 0.6 is 8.38 Å². The second-order valence-electron chi connectivity index (χ2n) is 11.4. The van der Waals surface area contributed by atoms with E-state index in [1.54, 1.807) is 0 Å². The monoisotopic (exact) mass is 574 g/mol. The van der Waals surface area contributed by atoms with Crippen LogP contribution in [0.4, 0.5) is 0 Å². The zero-order valence-corrected chi connectivity index (χ0v) is 27.8. The molecule has 3 aromatic carbocycles. The van der Waals surface area contributed by atoms with E-state index in [0.29, 0.717) is 0 Å². The third-order valence-electron chi connectivity index (χ3n) is 7.73. The van der Waals surface area contributed by atoms with Gasteiger partial charge in [-0.3, -0.25) is 0 Å². The molecule has 0 radical (unpaired) electrons. The lowest BCUT2D eigenvalue weighted by molar-refractivity contribution is 0.491. The van der Waals surface area contributed by atoms with Gasteiger partial charge in [0, 0.05) is 0 Å². The van der Waals surface area contributed by atoms with E-state index in [-0.39, 0.29) is 0 Å². The van der Waals surface area contributed by atoms with Gasteiger partial charge in [0.05, 0.1) is 5.30 Å². The first-order valence-electron chi connectivity index (χ1n) is 16.6. The zero-order valence-electron chi connectivity index (χ0n) is 26.9. The molecule has 0 aromatic heterocycles. The Morgan fingerprint density at radius 1 is 0.488 bits per heavy atom. The van der Waals surface area contributed by atoms with E-state index in [4.69, 9.17) is 9.05 Å². The Morgan fingerprint density at radius 2 is 0.927 bits per heavy atom. The van der Waals surface area contributed by atoms with Gasteiger partial charge in [-0.05, 0) is 109 Å². The Morgan fingerprint density at radius 3 is 1.32 bits per heavy atom. The lowest BCUT2D eigenvalue weighted by Gasteiger charge is -2.25. The van der Waals surface area contributed by atoms with Crippen LogP contribution in [0, 0.1) is 0 Å². The van der Waals surface area contributed by atoms with Crippen LogP contribution in [0.15, 0.2) is 54.6 Å². The summed E-state index contributed by atoms with van der Waals surface area (Å²) in [5.41, 5.74) is 8.45. The van der Waals surface area contributed by atoms with Gasteiger partial charge in [-0.1, -0.05) is 110 Å². The number of unbranched alkanes of at least 4 members (excludes halogenated alkanes) is 2. The summed E-state index contributed by atoms with van der Waals surface area (Å²) < 4.78 is 14.2. The second kappa shape index (κ2) is 18.3. The fourth-order valence-corrected chi connectivity index (χ4v) is 7.00. The van der Waals surface area contributed by atoms with E-state index in [2.05, 4.69) is 96.1 Å². The van der Waals surface area contributed by atoms with Gasteiger partial charge < -0.3 is 9.05 Å². The highest BCUT2D eigenvalue weighted by Gasteiger charge is 2.24. The summed E-state index contributed by atoms with van der Waals surface area (Å²) in [6.45, 7) is 13.7. The van der Waals surface area contributed by atoms with E-state index >= 15 is 0 Å². The molecule has 0 unspecified atom stereocenters. The predicted molar refractivity (Wildman–Crippen MR) is 180 cm³/mol. The largest absolute Gasteiger partial charge is 0.435 e. The molecule has 0 fully saturated rings. The molecule has 0 aliphatic heterocycles. The quantitative estimate of drug-likeness (QED) is 0.133. The molecule has 0 aliphatic carbocycles. The first-order chi connectivity index (χ1) is 20.1. The molecule has 0 atom stereocenters. The lowest BCUT2D eigenvalue weighted by atomic mass is 9.94. The van der Waals surface area contributed by atoms with Gasteiger partial charge in [-0.25, -0.2) is 0 Å². The van der Waals surface area contributed by atoms with Crippen LogP contribution in [0.3, 0.4) is 0 Å². The number of benzene rings is 3. The summed E-state index contributed by atoms with van der Waals surface area (Å²) in [4.78, 5) is 0. The summed E-state index contributed by atoms with van der Waals surface area (Å²) in [5.74, 6) is 2.07. The van der Waals surface area contributed by atoms with E-state index < -0.39 is 8.38 Å². The fraction of sp³-hybridized carbons (Fsp3) is 0.526. The van der Waals surface area contributed by atoms with Gasteiger partial charge in [0.15, 0.2) is 0 Å². The normalized spacial score (nSPS) is 11.3. The van der Waals surface area contributed by atoms with Crippen LogP contribution in [-0.4, -0.2) is 0 Å². The van der Waals surface area contributed by atoms with Crippen molar-refractivity contribution in [1.29, 1.82) is 0 Å². The molecule has 2 nitrogen and oxygen atoms in total. The summed E-state index contributed by atoms with van der Waals surface area (Å²) in [6.07, 6.45) is 15.7. The van der Waals surface area contributed by atoms with Gasteiger partial charge in [-0.2, -0.15) is 0 Å². The molecule has 0 saturated heterocycles. The number of hydrogen-bond donors (Lipinski definition) is 0. The summed E-state index contributed by atoms with van der Waals surface area (Å²) in [5, 5.41) is 1.12. The Hall–Kier alpha value is -2.31. The Labute approximate surface area is 253 Å². The molecule has 3 heteroatoms. The van der Waals surface area contributed by atoms with Crippen LogP contribution in [0.5, 0.6) is 11.5 Å². The molecule has 0 N–H and O–H groups in total. The molecule has 0 spiro atoms. The molecule has 0 amide bonds. The van der Waals surface area contributed by atoms with E-state index in [1.807, 2.05) is 0 Å². The van der Waals surface area contributed by atoms with Gasteiger partial charge in [0.25, 0.3) is 0 Å². The molecule has 3 aromatic rings. The first kappa shape index (κ1) is 33.2. The van der Waals surface area contributed by atoms with E-state index in [9.17, 15) is 0 Å². The summed E-state index contributed by atoms with van der Waals surface area (Å²) in [7, 11) is -1.36. The summed E-state index contributed by atoms with van der Waals surface area (Å²) in [6, 6.07) is 20.2. The van der Waals surface area contributed by atoms with Crippen molar-refractivity contribution in [3.63, 3.8) is 0 Å². The van der Waals surface area contributed by atoms with Crippen LogP contribution < -0.4 is 14.4 Å². The molecule has 0 saturated carbocycles. The Balaban J connectivity index is 2.13. The minimum absolute atomic E-state index is 1.03. The van der Waals surface area contributed by atoms with Gasteiger partial charge >= 0.3 is 8.38 Å². The average molecular weight is 575 g/mol. The molecule has 41 heavy (non-hydrogen) atoms. The zero-order chi connectivity index (χ0) is 29.5. The highest BCUT2D eigenvalue weighted by atomic mass is 31.2. The molecule has 0 bridgehead atoms. The summed E-state index contributed by atoms with van der Waals surface area (Å²) >= 11 is 0. The SMILES string of the molecule is CCCCc1cc(CCC)c(CCC)c(OP(Oc2cc(CCCC)cc(CCC)c2CCC)c2ccccc2)c1. The smallest absolute Gasteiger partial charge is 0.326 e. The number of aryl methyl sites for hydroxylation is 4. The van der Waals surface area contributed by atoms with Crippen LogP contribution in [-0.2, 0) is 38.5 Å². The van der Waals surface area contributed by atoms with Crippen molar-refractivity contribution >= 4 is 13.7 Å². The van der Waals surface area contributed by atoms with Crippen molar-refractivity contribution in [3.8, 4) is 11.5 Å². The Bertz CT molecular complexity index is 1100. The maximum atomic E-state index is 7.09. The highest BCUT2D eigenvalue weighted by molar-refractivity contribution is 7.56. The molecular weight excluding hydrogens is 519 g/mol. The number of rotatable bonds is 19. The minimum atomic E-state index is -1.36. The second-order valence-corrected chi connectivity index (χ2v) is 12.8. The van der Waals surface area contributed by atoms with Crippen molar-refractivity contribution in [2.24, 2.45) is 0 Å². The maximum absolute atomic E-state index is 7.09. The molecule has 224 valence electrons. The lowest BCUT2D eigenvalue weighted by Crippen LogP contribution is -2.13. The average Bonchev–Trinajstić information content (AvgIpc) is 2.98. The molecule has 3 rings (SSSR count). The Kier molecular flexibility index (Phi) is 14.8. The van der Waals surface area contributed by atoms with Gasteiger partial charge in [0.1, 0.15) is 11.5 Å². The van der Waals surface area contributed by atoms with Crippen LogP contribution in [0.2, 0.25) is 0 Å². The third kappa shape index (κ3) is 9.89. The number of hydrogen-bond acceptors (Lipinski definition) is 2. The topological polar surface area (TPSA) is 18.5 Å². The van der Waals surface area contributed by atoms with Crippen LogP contribution in [0.25, 0.3) is 0 Å². The predicted octanol–water partition coefficient (Wildman–Crippen LogP) is 11.3. The fourth-order valence-electron chi connectivity index (χ4n) is 5.65.